The second-order valence-corrected chi connectivity index (χ2v) is 8.03. The van der Waals surface area contributed by atoms with Gasteiger partial charge < -0.3 is 0 Å². The Morgan fingerprint density at radius 3 is 2.70 bits per heavy atom. The van der Waals surface area contributed by atoms with Gasteiger partial charge in [-0.2, -0.15) is 5.10 Å². The number of hydrogen-bond donors (Lipinski definition) is 0. The Hall–Kier alpha value is -1.43. The molecule has 0 bridgehead atoms. The molecule has 0 unspecified atom stereocenters. The number of carbonyl (C=O) groups is 1. The van der Waals surface area contributed by atoms with E-state index in [0.717, 1.165) is 43.9 Å². The van der Waals surface area contributed by atoms with E-state index in [1.165, 1.54) is 0 Å². The number of hydrogen-bond acceptors (Lipinski definition) is 3. The van der Waals surface area contributed by atoms with Crippen LogP contribution in [0, 0.1) is 6.92 Å². The van der Waals surface area contributed by atoms with Crippen molar-refractivity contribution in [2.24, 2.45) is 0 Å². The molecule has 3 aromatic rings. The highest BCUT2D eigenvalue weighted by atomic mass is 79.9. The zero-order valence-electron chi connectivity index (χ0n) is 12.6. The maximum atomic E-state index is 11.5. The average molecular weight is 410 g/mol. The van der Waals surface area contributed by atoms with Gasteiger partial charge in [0.25, 0.3) is 0 Å². The highest BCUT2D eigenvalue weighted by molar-refractivity contribution is 9.11. The minimum absolute atomic E-state index is 0.487. The molecule has 2 heterocycles. The van der Waals surface area contributed by atoms with E-state index in [9.17, 15) is 4.79 Å². The third-order valence-electron chi connectivity index (χ3n) is 3.67. The fraction of sp³-hybridized carbons (Fsp3) is 0.176. The van der Waals surface area contributed by atoms with Crippen LogP contribution in [0.15, 0.2) is 34.1 Å². The first-order valence-corrected chi connectivity index (χ1v) is 9.13. The van der Waals surface area contributed by atoms with Crippen LogP contribution < -0.4 is 0 Å². The molecule has 0 N–H and O–H groups in total. The molecule has 0 aliphatic carbocycles. The topological polar surface area (TPSA) is 34.9 Å². The highest BCUT2D eigenvalue weighted by Gasteiger charge is 2.21. The predicted molar refractivity (Wildman–Crippen MR) is 99.1 cm³/mol. The molecular weight excluding hydrogens is 396 g/mol. The zero-order valence-corrected chi connectivity index (χ0v) is 15.8. The molecule has 3 nitrogen and oxygen atoms in total. The number of aldehydes is 1. The fourth-order valence-electron chi connectivity index (χ4n) is 2.64. The molecule has 0 spiro atoms. The first-order chi connectivity index (χ1) is 11.0. The minimum Gasteiger partial charge on any atom is -0.296 e. The molecule has 118 valence electrons. The smallest absolute Gasteiger partial charge is 0.170 e. The van der Waals surface area contributed by atoms with Gasteiger partial charge in [-0.1, -0.05) is 18.5 Å². The number of thiophene rings is 1. The summed E-state index contributed by atoms with van der Waals surface area (Å²) in [6.45, 7) is 4.03. The normalized spacial score (nSPS) is 11.0. The van der Waals surface area contributed by atoms with Crippen molar-refractivity contribution < 1.29 is 4.79 Å². The van der Waals surface area contributed by atoms with Crippen LogP contribution in [-0.4, -0.2) is 16.1 Å². The molecule has 6 heteroatoms. The Kier molecular flexibility index (Phi) is 4.71. The lowest BCUT2D eigenvalue weighted by Gasteiger charge is -2.11. The predicted octanol–water partition coefficient (Wildman–Crippen LogP) is 5.70. The quantitative estimate of drug-likeness (QED) is 0.518. The van der Waals surface area contributed by atoms with Gasteiger partial charge in [-0.15, -0.1) is 11.3 Å². The number of rotatable bonds is 4. The Morgan fingerprint density at radius 2 is 2.13 bits per heavy atom. The lowest BCUT2D eigenvalue weighted by Crippen LogP contribution is -2.01. The van der Waals surface area contributed by atoms with Gasteiger partial charge in [-0.05, 0) is 65.2 Å². The second-order valence-electron chi connectivity index (χ2n) is 5.13. The van der Waals surface area contributed by atoms with E-state index in [1.807, 2.05) is 48.9 Å². The largest absolute Gasteiger partial charge is 0.296 e. The van der Waals surface area contributed by atoms with Gasteiger partial charge in [0, 0.05) is 10.6 Å². The van der Waals surface area contributed by atoms with Crippen molar-refractivity contribution in [2.75, 3.05) is 0 Å². The van der Waals surface area contributed by atoms with Gasteiger partial charge in [0.2, 0.25) is 0 Å². The highest BCUT2D eigenvalue weighted by Crippen LogP contribution is 2.36. The number of aromatic nitrogens is 2. The molecule has 2 aromatic heterocycles. The molecule has 0 radical (unpaired) electrons. The van der Waals surface area contributed by atoms with Crippen LogP contribution in [0.5, 0.6) is 0 Å². The van der Waals surface area contributed by atoms with Crippen molar-refractivity contribution in [2.45, 2.75) is 20.3 Å². The SMILES string of the molecule is CCc1c(C=O)nn(-c2ccc(Cl)cc2C)c1-c1ccc(Br)s1. The molecule has 3 rings (SSSR count). The number of nitrogens with zero attached hydrogens (tertiary/aromatic N) is 2. The van der Waals surface area contributed by atoms with Crippen LogP contribution in [-0.2, 0) is 6.42 Å². The van der Waals surface area contributed by atoms with Gasteiger partial charge in [0.15, 0.2) is 6.29 Å². The summed E-state index contributed by atoms with van der Waals surface area (Å²) in [5, 5.41) is 5.23. The monoisotopic (exact) mass is 408 g/mol. The van der Waals surface area contributed by atoms with Crippen molar-refractivity contribution in [3.8, 4) is 16.3 Å². The lowest BCUT2D eigenvalue weighted by atomic mass is 10.1. The Labute approximate surface area is 152 Å². The summed E-state index contributed by atoms with van der Waals surface area (Å²) in [5.74, 6) is 0. The summed E-state index contributed by atoms with van der Waals surface area (Å²) in [7, 11) is 0. The van der Waals surface area contributed by atoms with Crippen molar-refractivity contribution in [1.29, 1.82) is 0 Å². The summed E-state index contributed by atoms with van der Waals surface area (Å²) in [6, 6.07) is 9.73. The van der Waals surface area contributed by atoms with Crippen LogP contribution >= 0.6 is 38.9 Å². The van der Waals surface area contributed by atoms with Crippen LogP contribution in [0.4, 0.5) is 0 Å². The molecule has 0 aliphatic rings. The number of halogens is 2. The van der Waals surface area contributed by atoms with Gasteiger partial charge in [0.1, 0.15) is 5.69 Å². The third kappa shape index (κ3) is 3.01. The second kappa shape index (κ2) is 6.59. The number of carbonyl (C=O) groups excluding carboxylic acids is 1. The van der Waals surface area contributed by atoms with Gasteiger partial charge in [-0.3, -0.25) is 4.79 Å². The summed E-state index contributed by atoms with van der Waals surface area (Å²) in [4.78, 5) is 12.5. The van der Waals surface area contributed by atoms with Crippen LogP contribution in [0.1, 0.15) is 28.5 Å². The van der Waals surface area contributed by atoms with E-state index in [1.54, 1.807) is 11.3 Å². The van der Waals surface area contributed by atoms with Crippen molar-refractivity contribution in [3.05, 3.63) is 56.0 Å². The van der Waals surface area contributed by atoms with Crippen molar-refractivity contribution >= 4 is 45.2 Å². The van der Waals surface area contributed by atoms with E-state index < -0.39 is 0 Å². The fourth-order valence-corrected chi connectivity index (χ4v) is 4.31. The molecule has 0 fully saturated rings. The molecule has 1 aromatic carbocycles. The maximum absolute atomic E-state index is 11.5. The maximum Gasteiger partial charge on any atom is 0.170 e. The van der Waals surface area contributed by atoms with E-state index in [4.69, 9.17) is 11.6 Å². The van der Waals surface area contributed by atoms with Crippen LogP contribution in [0.25, 0.3) is 16.3 Å². The first-order valence-electron chi connectivity index (χ1n) is 7.14. The summed E-state index contributed by atoms with van der Waals surface area (Å²) < 4.78 is 2.90. The van der Waals surface area contributed by atoms with Crippen molar-refractivity contribution in [1.82, 2.24) is 9.78 Å². The van der Waals surface area contributed by atoms with E-state index in [-0.39, 0.29) is 0 Å². The molecule has 0 aliphatic heterocycles. The van der Waals surface area contributed by atoms with Gasteiger partial charge in [0.05, 0.1) is 20.0 Å². The molecule has 0 atom stereocenters. The molecule has 0 saturated carbocycles. The summed E-state index contributed by atoms with van der Waals surface area (Å²) in [5.41, 5.74) is 4.36. The van der Waals surface area contributed by atoms with E-state index >= 15 is 0 Å². The number of benzene rings is 1. The van der Waals surface area contributed by atoms with Crippen LogP contribution in [0.3, 0.4) is 0 Å². The van der Waals surface area contributed by atoms with Crippen LogP contribution in [0.2, 0.25) is 5.02 Å². The average Bonchev–Trinajstić information content (AvgIpc) is 3.10. The molecule has 0 amide bonds. The first kappa shape index (κ1) is 16.4. The van der Waals surface area contributed by atoms with Gasteiger partial charge >= 0.3 is 0 Å². The van der Waals surface area contributed by atoms with Gasteiger partial charge in [-0.25, -0.2) is 4.68 Å². The number of aryl methyl sites for hydroxylation is 1. The lowest BCUT2D eigenvalue weighted by molar-refractivity contribution is 0.111. The Bertz CT molecular complexity index is 885. The molecule has 0 saturated heterocycles. The van der Waals surface area contributed by atoms with E-state index in [2.05, 4.69) is 21.0 Å². The zero-order chi connectivity index (χ0) is 16.6. The third-order valence-corrected chi connectivity index (χ3v) is 5.54. The molecular formula is C17H14BrClN2OS. The summed E-state index contributed by atoms with van der Waals surface area (Å²) >= 11 is 11.2. The standard InChI is InChI=1S/C17H14BrClN2OS/c1-3-12-13(9-22)20-21(14-5-4-11(19)8-10(14)2)17(12)15-6-7-16(18)23-15/h4-9H,3H2,1-2H3. The Balaban J connectivity index is 2.31. The minimum atomic E-state index is 0.487. The Morgan fingerprint density at radius 1 is 1.35 bits per heavy atom. The van der Waals surface area contributed by atoms with Crippen molar-refractivity contribution in [3.63, 3.8) is 0 Å². The van der Waals surface area contributed by atoms with E-state index in [0.29, 0.717) is 10.7 Å². The summed E-state index contributed by atoms with van der Waals surface area (Å²) in [6.07, 6.45) is 1.57. The molecule has 23 heavy (non-hydrogen) atoms.